The Kier molecular flexibility index (Phi) is 2.92. The Morgan fingerprint density at radius 3 is 2.29 bits per heavy atom. The van der Waals surface area contributed by atoms with Gasteiger partial charge in [-0.15, -0.1) is 0 Å². The lowest BCUT2D eigenvalue weighted by Gasteiger charge is -1.99. The molecule has 0 unspecified atom stereocenters. The molecule has 1 heterocycles. The molecule has 5 heteroatoms. The summed E-state index contributed by atoms with van der Waals surface area (Å²) in [5.74, 6) is -1.22. The number of nitrogens with zero attached hydrogens (tertiary/aromatic N) is 1. The van der Waals surface area contributed by atoms with Crippen molar-refractivity contribution in [2.24, 2.45) is 0 Å². The van der Waals surface area contributed by atoms with Crippen molar-refractivity contribution in [3.05, 3.63) is 42.0 Å². The number of alkyl halides is 3. The molecule has 2 rings (SSSR count). The molecular weight excluding hydrogens is 231 g/mol. The third-order valence-corrected chi connectivity index (χ3v) is 2.40. The lowest BCUT2D eigenvalue weighted by atomic mass is 10.1. The summed E-state index contributed by atoms with van der Waals surface area (Å²) in [6.45, 7) is 2.01. The van der Waals surface area contributed by atoms with Gasteiger partial charge in [-0.1, -0.05) is 31.2 Å². The minimum atomic E-state index is -4.54. The second kappa shape index (κ2) is 4.24. The fraction of sp³-hybridized carbons (Fsp3) is 0.250. The number of halogens is 3. The summed E-state index contributed by atoms with van der Waals surface area (Å²) in [6, 6.07) is 7.18. The van der Waals surface area contributed by atoms with E-state index in [1.54, 1.807) is 12.1 Å². The average molecular weight is 241 g/mol. The van der Waals surface area contributed by atoms with Crippen molar-refractivity contribution in [2.45, 2.75) is 19.5 Å². The van der Waals surface area contributed by atoms with E-state index in [9.17, 15) is 13.2 Å². The highest BCUT2D eigenvalue weighted by molar-refractivity contribution is 5.58. The molecule has 0 bridgehead atoms. The van der Waals surface area contributed by atoms with Crippen LogP contribution in [0.3, 0.4) is 0 Å². The zero-order valence-corrected chi connectivity index (χ0v) is 9.08. The first-order valence-corrected chi connectivity index (χ1v) is 5.12. The molecule has 0 atom stereocenters. The van der Waals surface area contributed by atoms with E-state index in [4.69, 9.17) is 0 Å². The second-order valence-corrected chi connectivity index (χ2v) is 3.59. The Morgan fingerprint density at radius 2 is 1.82 bits per heavy atom. The number of aryl methyl sites for hydroxylation is 1. The molecule has 0 aliphatic carbocycles. The Bertz CT molecular complexity index is 499. The fourth-order valence-electron chi connectivity index (χ4n) is 1.45. The van der Waals surface area contributed by atoms with Gasteiger partial charge in [0, 0.05) is 5.56 Å². The largest absolute Gasteiger partial charge is 0.468 e. The molecule has 0 aliphatic rings. The molecule has 2 nitrogen and oxygen atoms in total. The number of oxazole rings is 1. The number of aromatic nitrogens is 1. The molecule has 90 valence electrons. The van der Waals surface area contributed by atoms with Crippen LogP contribution in [0.15, 0.2) is 34.9 Å². The van der Waals surface area contributed by atoms with E-state index in [0.717, 1.165) is 18.2 Å². The molecule has 1 aromatic carbocycles. The lowest BCUT2D eigenvalue weighted by Crippen LogP contribution is -2.04. The number of benzene rings is 1. The van der Waals surface area contributed by atoms with E-state index >= 15 is 0 Å². The predicted molar refractivity (Wildman–Crippen MR) is 56.3 cm³/mol. The third kappa shape index (κ3) is 2.49. The van der Waals surface area contributed by atoms with E-state index in [0.29, 0.717) is 5.56 Å². The monoisotopic (exact) mass is 241 g/mol. The van der Waals surface area contributed by atoms with Gasteiger partial charge in [0.25, 0.3) is 0 Å². The average Bonchev–Trinajstić information content (AvgIpc) is 2.78. The molecule has 0 aliphatic heterocycles. The van der Waals surface area contributed by atoms with Crippen LogP contribution in [-0.4, -0.2) is 4.98 Å². The third-order valence-electron chi connectivity index (χ3n) is 2.40. The topological polar surface area (TPSA) is 26.0 Å². The smallest absolute Gasteiger partial charge is 0.441 e. The minimum Gasteiger partial charge on any atom is -0.441 e. The van der Waals surface area contributed by atoms with Gasteiger partial charge in [0.05, 0.1) is 0 Å². The molecule has 1 aromatic heterocycles. The van der Waals surface area contributed by atoms with Gasteiger partial charge in [0.2, 0.25) is 0 Å². The maximum Gasteiger partial charge on any atom is 0.468 e. The quantitative estimate of drug-likeness (QED) is 0.796. The summed E-state index contributed by atoms with van der Waals surface area (Å²) < 4.78 is 41.2. The molecular formula is C12H10F3NO. The first-order chi connectivity index (χ1) is 8.00. The molecule has 2 aromatic rings. The molecule has 17 heavy (non-hydrogen) atoms. The van der Waals surface area contributed by atoms with Crippen LogP contribution in [0.5, 0.6) is 0 Å². The molecule has 0 fully saturated rings. The van der Waals surface area contributed by atoms with Crippen molar-refractivity contribution in [1.82, 2.24) is 4.98 Å². The lowest BCUT2D eigenvalue weighted by molar-refractivity contribution is -0.157. The molecule has 0 radical (unpaired) electrons. The van der Waals surface area contributed by atoms with Crippen LogP contribution in [-0.2, 0) is 12.6 Å². The maximum atomic E-state index is 12.3. The SMILES string of the molecule is CCc1ccc(-c2coc(C(F)(F)F)n2)cc1. The number of hydrogen-bond acceptors (Lipinski definition) is 2. The molecule has 0 saturated carbocycles. The van der Waals surface area contributed by atoms with Crippen LogP contribution in [0, 0.1) is 0 Å². The summed E-state index contributed by atoms with van der Waals surface area (Å²) in [4.78, 5) is 3.42. The first-order valence-electron chi connectivity index (χ1n) is 5.12. The summed E-state index contributed by atoms with van der Waals surface area (Å²) in [7, 11) is 0. The highest BCUT2D eigenvalue weighted by Gasteiger charge is 2.37. The van der Waals surface area contributed by atoms with E-state index in [2.05, 4.69) is 9.40 Å². The standard InChI is InChI=1S/C12H10F3NO/c1-2-8-3-5-9(6-4-8)10-7-17-11(16-10)12(13,14)15/h3-7H,2H2,1H3. The van der Waals surface area contributed by atoms with E-state index in [1.807, 2.05) is 19.1 Å². The molecule has 0 saturated heterocycles. The summed E-state index contributed by atoms with van der Waals surface area (Å²) in [5, 5.41) is 0. The van der Waals surface area contributed by atoms with E-state index < -0.39 is 12.1 Å². The van der Waals surface area contributed by atoms with Crippen molar-refractivity contribution in [1.29, 1.82) is 0 Å². The van der Waals surface area contributed by atoms with Crippen molar-refractivity contribution >= 4 is 0 Å². The number of rotatable bonds is 2. The van der Waals surface area contributed by atoms with Gasteiger partial charge in [0.1, 0.15) is 12.0 Å². The van der Waals surface area contributed by atoms with Crippen LogP contribution in [0.2, 0.25) is 0 Å². The Morgan fingerprint density at radius 1 is 1.18 bits per heavy atom. The van der Waals surface area contributed by atoms with Gasteiger partial charge >= 0.3 is 12.1 Å². The Hall–Kier alpha value is -1.78. The van der Waals surface area contributed by atoms with Crippen LogP contribution in [0.25, 0.3) is 11.3 Å². The summed E-state index contributed by atoms with van der Waals surface area (Å²) in [5.41, 5.74) is 1.93. The predicted octanol–water partition coefficient (Wildman–Crippen LogP) is 3.92. The highest BCUT2D eigenvalue weighted by Crippen LogP contribution is 2.30. The summed E-state index contributed by atoms with van der Waals surface area (Å²) in [6.07, 6.45) is -2.64. The van der Waals surface area contributed by atoms with Crippen molar-refractivity contribution in [3.8, 4) is 11.3 Å². The van der Waals surface area contributed by atoms with Crippen LogP contribution in [0.4, 0.5) is 13.2 Å². The van der Waals surface area contributed by atoms with Gasteiger partial charge in [0.15, 0.2) is 0 Å². The van der Waals surface area contributed by atoms with Gasteiger partial charge in [-0.3, -0.25) is 0 Å². The highest BCUT2D eigenvalue weighted by atomic mass is 19.4. The number of hydrogen-bond donors (Lipinski definition) is 0. The fourth-order valence-corrected chi connectivity index (χ4v) is 1.45. The zero-order valence-electron chi connectivity index (χ0n) is 9.08. The Balaban J connectivity index is 2.30. The second-order valence-electron chi connectivity index (χ2n) is 3.59. The normalized spacial score (nSPS) is 11.8. The molecule has 0 N–H and O–H groups in total. The molecule has 0 spiro atoms. The van der Waals surface area contributed by atoms with E-state index in [-0.39, 0.29) is 5.69 Å². The summed E-state index contributed by atoms with van der Waals surface area (Å²) >= 11 is 0. The Labute approximate surface area is 96.1 Å². The zero-order chi connectivity index (χ0) is 12.5. The van der Waals surface area contributed by atoms with Gasteiger partial charge in [-0.05, 0) is 12.0 Å². The van der Waals surface area contributed by atoms with Crippen LogP contribution < -0.4 is 0 Å². The van der Waals surface area contributed by atoms with Crippen molar-refractivity contribution in [2.75, 3.05) is 0 Å². The van der Waals surface area contributed by atoms with Crippen LogP contribution in [0.1, 0.15) is 18.4 Å². The first kappa shape index (κ1) is 11.7. The minimum absolute atomic E-state index is 0.194. The molecule has 0 amide bonds. The van der Waals surface area contributed by atoms with E-state index in [1.165, 1.54) is 0 Å². The van der Waals surface area contributed by atoms with Crippen LogP contribution >= 0.6 is 0 Å². The van der Waals surface area contributed by atoms with Gasteiger partial charge in [-0.2, -0.15) is 13.2 Å². The van der Waals surface area contributed by atoms with Gasteiger partial charge in [-0.25, -0.2) is 4.98 Å². The van der Waals surface area contributed by atoms with Crippen molar-refractivity contribution in [3.63, 3.8) is 0 Å². The maximum absolute atomic E-state index is 12.3. The van der Waals surface area contributed by atoms with Gasteiger partial charge < -0.3 is 4.42 Å². The van der Waals surface area contributed by atoms with Crippen molar-refractivity contribution < 1.29 is 17.6 Å².